The molecule has 1 amide bonds. The molecule has 9 nitrogen and oxygen atoms in total. The number of hydrogen-bond acceptors (Lipinski definition) is 7. The Hall–Kier alpha value is -4.76. The Labute approximate surface area is 312 Å². The molecule has 1 fully saturated rings. The number of piperidine rings is 1. The van der Waals surface area contributed by atoms with Crippen molar-refractivity contribution in [3.63, 3.8) is 0 Å². The molecule has 0 unspecified atom stereocenters. The maximum atomic E-state index is 13.0. The molecule has 1 saturated heterocycles. The number of fused-ring (bicyclic) bond motifs is 3. The van der Waals surface area contributed by atoms with Crippen LogP contribution in [0.5, 0.6) is 11.5 Å². The van der Waals surface area contributed by atoms with Crippen molar-refractivity contribution in [2.75, 3.05) is 33.9 Å². The molecule has 9 heteroatoms. The molecule has 3 aromatic carbocycles. The average Bonchev–Trinajstić information content (AvgIpc) is 3.58. The van der Waals surface area contributed by atoms with E-state index in [1.165, 1.54) is 11.1 Å². The fourth-order valence-corrected chi connectivity index (χ4v) is 8.45. The third-order valence-electron chi connectivity index (χ3n) is 11.9. The lowest BCUT2D eigenvalue weighted by atomic mass is 9.72. The number of ketones is 2. The number of nitrogens with zero attached hydrogens (tertiary/aromatic N) is 2. The molecule has 0 saturated carbocycles. The van der Waals surface area contributed by atoms with E-state index in [9.17, 15) is 19.2 Å². The number of aromatic nitrogens is 1. The Morgan fingerprint density at radius 2 is 1.40 bits per heavy atom. The fraction of sp³-hybridized carbons (Fsp3) is 0.455. The smallest absolute Gasteiger partial charge is 0.248 e. The van der Waals surface area contributed by atoms with E-state index >= 15 is 0 Å². The van der Waals surface area contributed by atoms with Gasteiger partial charge in [-0.2, -0.15) is 0 Å². The summed E-state index contributed by atoms with van der Waals surface area (Å²) in [5.74, 6) is 1.63. The summed E-state index contributed by atoms with van der Waals surface area (Å²) in [6, 6.07) is 15.7. The number of carbonyl (C=O) groups is 4. The number of methoxy groups -OCH3 is 2. The van der Waals surface area contributed by atoms with Gasteiger partial charge in [0.15, 0.2) is 11.6 Å². The molecule has 2 heterocycles. The van der Waals surface area contributed by atoms with Crippen LogP contribution in [-0.4, -0.2) is 67.1 Å². The van der Waals surface area contributed by atoms with E-state index < -0.39 is 5.91 Å². The minimum atomic E-state index is -0.390. The van der Waals surface area contributed by atoms with Crippen LogP contribution in [0.25, 0.3) is 10.9 Å². The van der Waals surface area contributed by atoms with Crippen LogP contribution in [0, 0.1) is 10.8 Å². The third-order valence-corrected chi connectivity index (χ3v) is 11.9. The van der Waals surface area contributed by atoms with E-state index in [0.717, 1.165) is 110 Å². The van der Waals surface area contributed by atoms with E-state index in [-0.39, 0.29) is 22.4 Å². The second kappa shape index (κ2) is 15.3. The molecule has 53 heavy (non-hydrogen) atoms. The van der Waals surface area contributed by atoms with E-state index in [0.29, 0.717) is 23.8 Å². The van der Waals surface area contributed by atoms with Crippen molar-refractivity contribution in [1.29, 1.82) is 0 Å². The Morgan fingerprint density at radius 1 is 0.830 bits per heavy atom. The van der Waals surface area contributed by atoms with Crippen LogP contribution in [0.2, 0.25) is 0 Å². The normalized spacial score (nSPS) is 18.1. The van der Waals surface area contributed by atoms with Crippen LogP contribution in [0.3, 0.4) is 0 Å². The highest BCUT2D eigenvalue weighted by atomic mass is 16.5. The maximum Gasteiger partial charge on any atom is 0.248 e. The highest BCUT2D eigenvalue weighted by Crippen LogP contribution is 2.40. The van der Waals surface area contributed by atoms with Crippen molar-refractivity contribution < 1.29 is 28.7 Å². The quantitative estimate of drug-likeness (QED) is 0.179. The second-order valence-electron chi connectivity index (χ2n) is 16.0. The van der Waals surface area contributed by atoms with Gasteiger partial charge < -0.3 is 29.5 Å². The maximum absolute atomic E-state index is 13.0. The number of carbonyl (C=O) groups excluding carboxylic acids is 4. The molecule has 0 radical (unpaired) electrons. The van der Waals surface area contributed by atoms with Gasteiger partial charge in [-0.15, -0.1) is 0 Å². The fourth-order valence-electron chi connectivity index (χ4n) is 8.45. The first kappa shape index (κ1) is 38.0. The Morgan fingerprint density at radius 3 is 1.94 bits per heavy atom. The van der Waals surface area contributed by atoms with Crippen LogP contribution < -0.4 is 15.2 Å². The molecular formula is C44H53N3O6. The number of aldehydes is 1. The largest absolute Gasteiger partial charge is 0.496 e. The van der Waals surface area contributed by atoms with Crippen molar-refractivity contribution in [1.82, 2.24) is 9.47 Å². The molecule has 4 aromatic rings. The number of amides is 1. The minimum absolute atomic E-state index is 0.165. The number of benzene rings is 3. The zero-order chi connectivity index (χ0) is 38.1. The molecule has 280 valence electrons. The molecule has 7 rings (SSSR count). The predicted molar refractivity (Wildman–Crippen MR) is 207 cm³/mol. The van der Waals surface area contributed by atoms with Gasteiger partial charge in [0.1, 0.15) is 17.8 Å². The summed E-state index contributed by atoms with van der Waals surface area (Å²) in [6.45, 7) is 11.0. The first-order valence-electron chi connectivity index (χ1n) is 18.8. The zero-order valence-electron chi connectivity index (χ0n) is 32.1. The lowest BCUT2D eigenvalue weighted by molar-refractivity contribution is -0.107. The molecule has 0 bridgehead atoms. The number of primary amides is 1. The van der Waals surface area contributed by atoms with Crippen LogP contribution in [0.1, 0.15) is 113 Å². The molecule has 1 aliphatic heterocycles. The van der Waals surface area contributed by atoms with Crippen LogP contribution in [0.15, 0.2) is 54.7 Å². The highest BCUT2D eigenvalue weighted by Gasteiger charge is 2.37. The SMILES string of the molecule is COc1ccc2c(c1CC=O)CCC(C)(C)C2=O.COc1ccc2c(c1CCN1CCC(n3ccc4ccc(C(N)=O)cc43)CC1)CCC(C)(C)C2=O. The summed E-state index contributed by atoms with van der Waals surface area (Å²) in [7, 11) is 3.31. The van der Waals surface area contributed by atoms with Gasteiger partial charge in [0.2, 0.25) is 5.91 Å². The second-order valence-corrected chi connectivity index (χ2v) is 16.0. The molecule has 2 aliphatic carbocycles. The molecule has 2 N–H and O–H groups in total. The van der Waals surface area contributed by atoms with E-state index in [2.05, 4.69) is 35.6 Å². The van der Waals surface area contributed by atoms with E-state index in [1.807, 2.05) is 44.2 Å². The molecule has 0 atom stereocenters. The third kappa shape index (κ3) is 7.54. The van der Waals surface area contributed by atoms with Gasteiger partial charge in [0.05, 0.1) is 14.2 Å². The van der Waals surface area contributed by atoms with Gasteiger partial charge in [0, 0.05) is 76.9 Å². The molecule has 1 aromatic heterocycles. The first-order chi connectivity index (χ1) is 25.3. The van der Waals surface area contributed by atoms with Crippen LogP contribution in [-0.2, 0) is 30.5 Å². The predicted octanol–water partition coefficient (Wildman–Crippen LogP) is 7.38. The van der Waals surface area contributed by atoms with Crippen molar-refractivity contribution >= 4 is 34.7 Å². The summed E-state index contributed by atoms with van der Waals surface area (Å²) in [4.78, 5) is 50.3. The Bertz CT molecular complexity index is 2050. The highest BCUT2D eigenvalue weighted by molar-refractivity contribution is 6.03. The van der Waals surface area contributed by atoms with Crippen molar-refractivity contribution in [3.05, 3.63) is 93.7 Å². The molecule has 0 spiro atoms. The summed E-state index contributed by atoms with van der Waals surface area (Å²) in [5, 5.41) is 1.14. The van der Waals surface area contributed by atoms with Gasteiger partial charge in [-0.05, 0) is 109 Å². The summed E-state index contributed by atoms with van der Waals surface area (Å²) >= 11 is 0. The lowest BCUT2D eigenvalue weighted by Gasteiger charge is -2.34. The zero-order valence-corrected chi connectivity index (χ0v) is 32.1. The number of rotatable bonds is 9. The number of nitrogens with two attached hydrogens (primary N) is 1. The Balaban J connectivity index is 0.000000225. The summed E-state index contributed by atoms with van der Waals surface area (Å²) < 4.78 is 13.3. The first-order valence-corrected chi connectivity index (χ1v) is 18.8. The number of ether oxygens (including phenoxy) is 2. The molecule has 3 aliphatic rings. The van der Waals surface area contributed by atoms with Crippen LogP contribution in [0.4, 0.5) is 0 Å². The molecular weight excluding hydrogens is 666 g/mol. The van der Waals surface area contributed by atoms with E-state index in [1.54, 1.807) is 26.4 Å². The number of hydrogen-bond donors (Lipinski definition) is 1. The van der Waals surface area contributed by atoms with Crippen molar-refractivity contribution in [2.24, 2.45) is 16.6 Å². The van der Waals surface area contributed by atoms with Gasteiger partial charge >= 0.3 is 0 Å². The van der Waals surface area contributed by atoms with Gasteiger partial charge in [-0.3, -0.25) is 14.4 Å². The lowest BCUT2D eigenvalue weighted by Crippen LogP contribution is -2.36. The monoisotopic (exact) mass is 719 g/mol. The summed E-state index contributed by atoms with van der Waals surface area (Å²) in [6.07, 6.45) is 9.76. The van der Waals surface area contributed by atoms with Gasteiger partial charge in [-0.1, -0.05) is 33.8 Å². The van der Waals surface area contributed by atoms with Gasteiger partial charge in [0.25, 0.3) is 0 Å². The van der Waals surface area contributed by atoms with Gasteiger partial charge in [-0.25, -0.2) is 0 Å². The average molecular weight is 720 g/mol. The van der Waals surface area contributed by atoms with Crippen molar-refractivity contribution in [3.8, 4) is 11.5 Å². The number of Topliss-reactive ketones (excluding diaryl/α,β-unsaturated/α-hetero) is 2. The standard InChI is InChI=1S/C29H35N3O3.C15H18O3/c1-29(2)13-8-22-23(26(35-3)7-6-24(22)27(29)33)12-16-31-14-10-21(11-15-31)32-17-9-19-4-5-20(28(30)34)18-25(19)32;1-15(2)8-6-10-11(7-9-16)13(18-3)5-4-12(10)14(15)17/h4-7,9,17-18,21H,8,10-16H2,1-3H3,(H2,30,34);4-5,9H,6-8H2,1-3H3. The van der Waals surface area contributed by atoms with Crippen LogP contribution >= 0.6 is 0 Å². The van der Waals surface area contributed by atoms with E-state index in [4.69, 9.17) is 15.2 Å². The minimum Gasteiger partial charge on any atom is -0.496 e. The summed E-state index contributed by atoms with van der Waals surface area (Å²) in [5.41, 5.74) is 12.4. The topological polar surface area (TPSA) is 121 Å². The Kier molecular flexibility index (Phi) is 11.0. The van der Waals surface area contributed by atoms with Crippen molar-refractivity contribution in [2.45, 2.75) is 85.1 Å². The number of likely N-dealkylation sites (tertiary alicyclic amines) is 1.